The van der Waals surface area contributed by atoms with E-state index in [0.29, 0.717) is 11.4 Å². The van der Waals surface area contributed by atoms with E-state index in [0.717, 1.165) is 54.3 Å². The van der Waals surface area contributed by atoms with Crippen LogP contribution >= 0.6 is 0 Å². The highest BCUT2D eigenvalue weighted by molar-refractivity contribution is 6.30. The Kier molecular flexibility index (Phi) is 5.46. The third-order valence-corrected chi connectivity index (χ3v) is 6.19. The number of nitrogens with zero attached hydrogens (tertiary/aromatic N) is 4. The van der Waals surface area contributed by atoms with E-state index in [9.17, 15) is 5.11 Å². The van der Waals surface area contributed by atoms with Crippen molar-refractivity contribution in [3.05, 3.63) is 54.0 Å². The van der Waals surface area contributed by atoms with Gasteiger partial charge in [0.05, 0.1) is 29.3 Å². The monoisotopic (exact) mass is 446 g/mol. The average Bonchev–Trinajstić information content (AvgIpc) is 3.33. The van der Waals surface area contributed by atoms with Crippen LogP contribution in [0.25, 0.3) is 16.6 Å². The quantitative estimate of drug-likeness (QED) is 0.551. The molecule has 0 saturated carbocycles. The second-order valence-corrected chi connectivity index (χ2v) is 8.99. The third-order valence-electron chi connectivity index (χ3n) is 6.19. The Morgan fingerprint density at radius 2 is 1.73 bits per heavy atom. The summed E-state index contributed by atoms with van der Waals surface area (Å²) in [7, 11) is 2.15. The van der Waals surface area contributed by atoms with Crippen LogP contribution in [0.3, 0.4) is 0 Å². The van der Waals surface area contributed by atoms with Crippen LogP contribution in [0.1, 0.15) is 19.7 Å². The number of aliphatic hydroxyl groups is 1. The molecule has 3 N–H and O–H groups in total. The van der Waals surface area contributed by atoms with Crippen LogP contribution in [0.5, 0.6) is 5.75 Å². The standard InChI is InChI=1S/C25H30N6O2/c1-16(2)33-19-7-4-17(5-8-19)31-15-22(32)23(24(31)26)25-27-20-9-6-18(14-21(20)28-25)30-12-10-29(3)11-13-30/h4-9,14,16,26,32H,10-13,15H2,1-3H3,(H,27,28). The largest absolute Gasteiger partial charge is 0.509 e. The number of amidine groups is 1. The van der Waals surface area contributed by atoms with Gasteiger partial charge in [-0.3, -0.25) is 5.41 Å². The van der Waals surface area contributed by atoms with E-state index in [1.165, 1.54) is 0 Å². The number of likely N-dealkylation sites (N-methyl/N-ethyl adjacent to an activating group) is 1. The topological polar surface area (TPSA) is 91.7 Å². The van der Waals surface area contributed by atoms with Crippen molar-refractivity contribution >= 4 is 33.8 Å². The Morgan fingerprint density at radius 1 is 1.03 bits per heavy atom. The van der Waals surface area contributed by atoms with Crippen molar-refractivity contribution < 1.29 is 9.84 Å². The molecule has 0 aliphatic carbocycles. The lowest BCUT2D eigenvalue weighted by Crippen LogP contribution is -2.44. The van der Waals surface area contributed by atoms with Crippen molar-refractivity contribution in [2.45, 2.75) is 20.0 Å². The first-order valence-electron chi connectivity index (χ1n) is 11.4. The first-order valence-corrected chi connectivity index (χ1v) is 11.4. The number of H-pyrrole nitrogens is 1. The number of aliphatic hydroxyl groups excluding tert-OH is 1. The molecule has 0 amide bonds. The summed E-state index contributed by atoms with van der Waals surface area (Å²) in [6.07, 6.45) is 0.100. The summed E-state index contributed by atoms with van der Waals surface area (Å²) in [5.74, 6) is 1.67. The highest BCUT2D eigenvalue weighted by atomic mass is 16.5. The summed E-state index contributed by atoms with van der Waals surface area (Å²) in [6, 6.07) is 13.8. The summed E-state index contributed by atoms with van der Waals surface area (Å²) < 4.78 is 5.71. The number of fused-ring (bicyclic) bond motifs is 1. The molecule has 1 fully saturated rings. The van der Waals surface area contributed by atoms with Crippen molar-refractivity contribution in [2.75, 3.05) is 49.6 Å². The minimum absolute atomic E-state index is 0.100. The summed E-state index contributed by atoms with van der Waals surface area (Å²) in [4.78, 5) is 14.5. The Morgan fingerprint density at radius 3 is 2.42 bits per heavy atom. The van der Waals surface area contributed by atoms with Gasteiger partial charge < -0.3 is 29.5 Å². The number of piperazine rings is 1. The van der Waals surface area contributed by atoms with Gasteiger partial charge >= 0.3 is 0 Å². The molecule has 0 atom stereocenters. The molecule has 0 radical (unpaired) electrons. The molecule has 8 nitrogen and oxygen atoms in total. The number of ether oxygens (including phenoxy) is 1. The number of rotatable bonds is 5. The number of aromatic nitrogens is 2. The average molecular weight is 447 g/mol. The van der Waals surface area contributed by atoms with E-state index in [4.69, 9.17) is 10.1 Å². The maximum absolute atomic E-state index is 10.7. The van der Waals surface area contributed by atoms with Gasteiger partial charge in [-0.1, -0.05) is 0 Å². The number of imidazole rings is 1. The third kappa shape index (κ3) is 4.14. The lowest BCUT2D eigenvalue weighted by molar-refractivity contribution is 0.242. The van der Waals surface area contributed by atoms with Gasteiger partial charge in [-0.15, -0.1) is 0 Å². The summed E-state index contributed by atoms with van der Waals surface area (Å²) >= 11 is 0. The molecule has 0 unspecified atom stereocenters. The van der Waals surface area contributed by atoms with Crippen LogP contribution in [-0.4, -0.2) is 71.7 Å². The predicted octanol–water partition coefficient (Wildman–Crippen LogP) is 3.87. The molecule has 33 heavy (non-hydrogen) atoms. The number of nitrogens with one attached hydrogen (secondary N) is 2. The zero-order valence-electron chi connectivity index (χ0n) is 19.3. The van der Waals surface area contributed by atoms with Gasteiger partial charge in [-0.2, -0.15) is 0 Å². The molecule has 1 saturated heterocycles. The van der Waals surface area contributed by atoms with Crippen LogP contribution in [0.2, 0.25) is 0 Å². The van der Waals surface area contributed by atoms with Crippen molar-refractivity contribution in [1.82, 2.24) is 14.9 Å². The minimum atomic E-state index is 0.100. The second-order valence-electron chi connectivity index (χ2n) is 8.99. The lowest BCUT2D eigenvalue weighted by atomic mass is 10.2. The van der Waals surface area contributed by atoms with Gasteiger partial charge in [0, 0.05) is 37.6 Å². The van der Waals surface area contributed by atoms with Crippen molar-refractivity contribution in [2.24, 2.45) is 0 Å². The van der Waals surface area contributed by atoms with E-state index in [1.807, 2.05) is 44.2 Å². The SMILES string of the molecule is CC(C)Oc1ccc(N2CC(O)=C(c3nc4ccc(N5CCN(C)CC5)cc4[nH]3)C2=N)cc1. The highest BCUT2D eigenvalue weighted by Crippen LogP contribution is 2.32. The Balaban J connectivity index is 1.37. The molecule has 3 aromatic rings. The van der Waals surface area contributed by atoms with Gasteiger partial charge in [0.1, 0.15) is 23.2 Å². The van der Waals surface area contributed by atoms with E-state index < -0.39 is 0 Å². The van der Waals surface area contributed by atoms with E-state index >= 15 is 0 Å². The Bertz CT molecular complexity index is 1210. The molecule has 0 bridgehead atoms. The zero-order chi connectivity index (χ0) is 23.1. The van der Waals surface area contributed by atoms with Crippen molar-refractivity contribution in [1.29, 1.82) is 5.41 Å². The lowest BCUT2D eigenvalue weighted by Gasteiger charge is -2.34. The molecule has 2 aliphatic heterocycles. The smallest absolute Gasteiger partial charge is 0.145 e. The Hall–Kier alpha value is -3.52. The fraction of sp³-hybridized carbons (Fsp3) is 0.360. The number of benzene rings is 2. The number of aromatic amines is 1. The molecule has 1 aromatic heterocycles. The number of anilines is 2. The van der Waals surface area contributed by atoms with E-state index in [1.54, 1.807) is 4.90 Å². The van der Waals surface area contributed by atoms with Gasteiger partial charge in [0.2, 0.25) is 0 Å². The van der Waals surface area contributed by atoms with Crippen LogP contribution in [0.15, 0.2) is 48.2 Å². The molecule has 8 heteroatoms. The summed E-state index contributed by atoms with van der Waals surface area (Å²) in [5.41, 5.74) is 4.16. The molecule has 5 rings (SSSR count). The van der Waals surface area contributed by atoms with Gasteiger partial charge in [-0.25, -0.2) is 4.98 Å². The van der Waals surface area contributed by atoms with Crippen molar-refractivity contribution in [3.8, 4) is 5.75 Å². The van der Waals surface area contributed by atoms with Crippen LogP contribution in [-0.2, 0) is 0 Å². The van der Waals surface area contributed by atoms with Gasteiger partial charge in [-0.05, 0) is 63.4 Å². The predicted molar refractivity (Wildman–Crippen MR) is 133 cm³/mol. The number of hydrogen-bond acceptors (Lipinski definition) is 6. The molecule has 3 heterocycles. The fourth-order valence-corrected chi connectivity index (χ4v) is 4.40. The summed E-state index contributed by atoms with van der Waals surface area (Å²) in [5, 5.41) is 19.5. The normalized spacial score (nSPS) is 17.6. The Labute approximate surface area is 193 Å². The maximum atomic E-state index is 10.7. The van der Waals surface area contributed by atoms with Crippen molar-refractivity contribution in [3.63, 3.8) is 0 Å². The molecule has 2 aromatic carbocycles. The van der Waals surface area contributed by atoms with Crippen LogP contribution < -0.4 is 14.5 Å². The first kappa shape index (κ1) is 21.3. The molecular weight excluding hydrogens is 416 g/mol. The molecule has 0 spiro atoms. The van der Waals surface area contributed by atoms with Crippen LogP contribution in [0.4, 0.5) is 11.4 Å². The minimum Gasteiger partial charge on any atom is -0.509 e. The van der Waals surface area contributed by atoms with Crippen LogP contribution in [0, 0.1) is 5.41 Å². The second kappa shape index (κ2) is 8.44. The molecular formula is C25H30N6O2. The highest BCUT2D eigenvalue weighted by Gasteiger charge is 2.31. The fourth-order valence-electron chi connectivity index (χ4n) is 4.40. The molecule has 2 aliphatic rings. The van der Waals surface area contributed by atoms with E-state index in [-0.39, 0.29) is 24.2 Å². The molecule has 172 valence electrons. The maximum Gasteiger partial charge on any atom is 0.145 e. The van der Waals surface area contributed by atoms with Gasteiger partial charge in [0.15, 0.2) is 0 Å². The van der Waals surface area contributed by atoms with Gasteiger partial charge in [0.25, 0.3) is 0 Å². The van der Waals surface area contributed by atoms with E-state index in [2.05, 4.69) is 38.9 Å². The first-order chi connectivity index (χ1) is 15.9. The number of hydrogen-bond donors (Lipinski definition) is 3. The summed E-state index contributed by atoms with van der Waals surface area (Å²) in [6.45, 7) is 8.29. The zero-order valence-corrected chi connectivity index (χ0v) is 19.3.